The van der Waals surface area contributed by atoms with E-state index in [1.165, 1.54) is 17.6 Å². The van der Waals surface area contributed by atoms with Crippen LogP contribution >= 0.6 is 11.8 Å². The smallest absolute Gasteiger partial charge is 0.417 e. The number of fused-ring (bicyclic) bond motifs is 1. The van der Waals surface area contributed by atoms with E-state index in [2.05, 4.69) is 10.2 Å². The molecule has 2 heterocycles. The molecule has 0 aliphatic heterocycles. The maximum Gasteiger partial charge on any atom is 0.417 e. The number of ether oxygens (including phenoxy) is 1. The summed E-state index contributed by atoms with van der Waals surface area (Å²) in [6, 6.07) is 8.82. The molecular formula is C17H14F3N3O2S. The van der Waals surface area contributed by atoms with Gasteiger partial charge < -0.3 is 4.74 Å². The molecule has 0 aliphatic rings. The number of thioether (sulfide) groups is 1. The van der Waals surface area contributed by atoms with E-state index in [0.29, 0.717) is 11.3 Å². The Morgan fingerprint density at radius 3 is 2.46 bits per heavy atom. The number of carbonyl (C=O) groups excluding carboxylic acids is 1. The number of Topliss-reactive ketones (excluding diaryl/α,β-unsaturated/α-hetero) is 1. The van der Waals surface area contributed by atoms with Gasteiger partial charge in [0, 0.05) is 11.8 Å². The molecule has 0 saturated carbocycles. The van der Waals surface area contributed by atoms with E-state index in [0.717, 1.165) is 24.0 Å². The zero-order valence-corrected chi connectivity index (χ0v) is 14.6. The maximum atomic E-state index is 12.9. The predicted octanol–water partition coefficient (Wildman–Crippen LogP) is 4.12. The van der Waals surface area contributed by atoms with Crippen molar-refractivity contribution in [3.05, 3.63) is 53.7 Å². The van der Waals surface area contributed by atoms with Gasteiger partial charge >= 0.3 is 6.18 Å². The SMILES string of the molecule is COc1ccc(C(=O)C(C)Sc2nnc3ccc(C(F)(F)F)cn23)cc1. The Morgan fingerprint density at radius 2 is 1.85 bits per heavy atom. The van der Waals surface area contributed by atoms with Gasteiger partial charge in [0.05, 0.1) is 17.9 Å². The van der Waals surface area contributed by atoms with Gasteiger partial charge in [0.1, 0.15) is 5.75 Å². The first kappa shape index (κ1) is 18.2. The van der Waals surface area contributed by atoms with Crippen LogP contribution in [0.15, 0.2) is 47.8 Å². The van der Waals surface area contributed by atoms with E-state index in [-0.39, 0.29) is 16.6 Å². The standard InChI is InChI=1S/C17H14F3N3O2S/c1-10(15(24)11-3-6-13(25-2)7-4-11)26-16-22-21-14-8-5-12(9-23(14)16)17(18,19)20/h3-10H,1-2H3. The van der Waals surface area contributed by atoms with Crippen molar-refractivity contribution in [1.82, 2.24) is 14.6 Å². The van der Waals surface area contributed by atoms with E-state index in [1.807, 2.05) is 0 Å². The zero-order valence-electron chi connectivity index (χ0n) is 13.8. The van der Waals surface area contributed by atoms with Gasteiger partial charge in [-0.05, 0) is 43.3 Å². The summed E-state index contributed by atoms with van der Waals surface area (Å²) in [6.07, 6.45) is -3.53. The lowest BCUT2D eigenvalue weighted by atomic mass is 10.1. The average molecular weight is 381 g/mol. The molecule has 0 radical (unpaired) electrons. The fraction of sp³-hybridized carbons (Fsp3) is 0.235. The number of carbonyl (C=O) groups is 1. The highest BCUT2D eigenvalue weighted by Gasteiger charge is 2.31. The van der Waals surface area contributed by atoms with E-state index < -0.39 is 17.0 Å². The molecule has 1 atom stereocenters. The molecule has 0 saturated heterocycles. The Bertz CT molecular complexity index is 939. The fourth-order valence-electron chi connectivity index (χ4n) is 2.32. The summed E-state index contributed by atoms with van der Waals surface area (Å²) in [4.78, 5) is 12.5. The minimum Gasteiger partial charge on any atom is -0.497 e. The van der Waals surface area contributed by atoms with Crippen LogP contribution in [0, 0.1) is 0 Å². The quantitative estimate of drug-likeness (QED) is 0.492. The molecule has 1 unspecified atom stereocenters. The summed E-state index contributed by atoms with van der Waals surface area (Å²) in [5.41, 5.74) is -0.0408. The van der Waals surface area contributed by atoms with Crippen LogP contribution in [0.5, 0.6) is 5.75 Å². The summed E-state index contributed by atoms with van der Waals surface area (Å²) in [5, 5.41) is 7.42. The number of nitrogens with zero attached hydrogens (tertiary/aromatic N) is 3. The minimum absolute atomic E-state index is 0.165. The summed E-state index contributed by atoms with van der Waals surface area (Å²) < 4.78 is 45.0. The summed E-state index contributed by atoms with van der Waals surface area (Å²) in [6.45, 7) is 1.67. The molecular weight excluding hydrogens is 367 g/mol. The Labute approximate surface area is 151 Å². The molecule has 5 nitrogen and oxygen atoms in total. The van der Waals surface area contributed by atoms with Crippen LogP contribution in [-0.4, -0.2) is 32.7 Å². The lowest BCUT2D eigenvalue weighted by Crippen LogP contribution is -2.14. The van der Waals surface area contributed by atoms with Crippen LogP contribution in [0.4, 0.5) is 13.2 Å². The van der Waals surface area contributed by atoms with Gasteiger partial charge in [-0.15, -0.1) is 10.2 Å². The Balaban J connectivity index is 1.84. The zero-order chi connectivity index (χ0) is 18.9. The van der Waals surface area contributed by atoms with Crippen molar-refractivity contribution in [3.8, 4) is 5.75 Å². The summed E-state index contributed by atoms with van der Waals surface area (Å²) >= 11 is 1.05. The normalized spacial score (nSPS) is 13.0. The van der Waals surface area contributed by atoms with E-state index in [1.54, 1.807) is 31.2 Å². The Morgan fingerprint density at radius 1 is 1.15 bits per heavy atom. The van der Waals surface area contributed by atoms with Crippen LogP contribution in [0.1, 0.15) is 22.8 Å². The Kier molecular flexibility index (Phi) is 4.90. The molecule has 0 fully saturated rings. The molecule has 0 amide bonds. The number of hydrogen-bond donors (Lipinski definition) is 0. The number of ketones is 1. The van der Waals surface area contributed by atoms with Gasteiger partial charge in [0.15, 0.2) is 16.6 Å². The second kappa shape index (κ2) is 6.99. The predicted molar refractivity (Wildman–Crippen MR) is 90.6 cm³/mol. The summed E-state index contributed by atoms with van der Waals surface area (Å²) in [5.74, 6) is 0.464. The third kappa shape index (κ3) is 3.67. The number of halogens is 3. The third-order valence-corrected chi connectivity index (χ3v) is 4.78. The van der Waals surface area contributed by atoms with Crippen molar-refractivity contribution in [2.75, 3.05) is 7.11 Å². The topological polar surface area (TPSA) is 56.5 Å². The number of methoxy groups -OCH3 is 1. The number of benzene rings is 1. The van der Waals surface area contributed by atoms with Crippen molar-refractivity contribution in [3.63, 3.8) is 0 Å². The highest BCUT2D eigenvalue weighted by atomic mass is 32.2. The Hall–Kier alpha value is -2.55. The van der Waals surface area contributed by atoms with Crippen LogP contribution < -0.4 is 4.74 Å². The first-order valence-corrected chi connectivity index (χ1v) is 8.44. The van der Waals surface area contributed by atoms with Crippen molar-refractivity contribution in [1.29, 1.82) is 0 Å². The summed E-state index contributed by atoms with van der Waals surface area (Å²) in [7, 11) is 1.53. The molecule has 0 aliphatic carbocycles. The molecule has 0 N–H and O–H groups in total. The number of rotatable bonds is 5. The van der Waals surface area contributed by atoms with Crippen LogP contribution in [0.25, 0.3) is 5.65 Å². The number of pyridine rings is 1. The monoisotopic (exact) mass is 381 g/mol. The third-order valence-electron chi connectivity index (χ3n) is 3.72. The van der Waals surface area contributed by atoms with E-state index in [9.17, 15) is 18.0 Å². The molecule has 26 heavy (non-hydrogen) atoms. The van der Waals surface area contributed by atoms with Crippen molar-refractivity contribution < 1.29 is 22.7 Å². The van der Waals surface area contributed by atoms with Gasteiger partial charge in [0.25, 0.3) is 0 Å². The molecule has 2 aromatic heterocycles. The van der Waals surface area contributed by atoms with Gasteiger partial charge in [-0.1, -0.05) is 11.8 Å². The maximum absolute atomic E-state index is 12.9. The molecule has 3 rings (SSSR count). The lowest BCUT2D eigenvalue weighted by Gasteiger charge is -2.10. The first-order valence-electron chi connectivity index (χ1n) is 7.56. The van der Waals surface area contributed by atoms with Gasteiger partial charge in [0.2, 0.25) is 0 Å². The van der Waals surface area contributed by atoms with E-state index in [4.69, 9.17) is 4.74 Å². The highest BCUT2D eigenvalue weighted by Crippen LogP contribution is 2.31. The van der Waals surface area contributed by atoms with Crippen molar-refractivity contribution in [2.45, 2.75) is 23.5 Å². The molecule has 9 heteroatoms. The molecule has 0 bridgehead atoms. The van der Waals surface area contributed by atoms with Crippen LogP contribution in [0.3, 0.4) is 0 Å². The van der Waals surface area contributed by atoms with Crippen LogP contribution in [-0.2, 0) is 6.18 Å². The molecule has 3 aromatic rings. The number of hydrogen-bond acceptors (Lipinski definition) is 5. The highest BCUT2D eigenvalue weighted by molar-refractivity contribution is 8.00. The lowest BCUT2D eigenvalue weighted by molar-refractivity contribution is -0.137. The van der Waals surface area contributed by atoms with Gasteiger partial charge in [-0.2, -0.15) is 13.2 Å². The van der Waals surface area contributed by atoms with E-state index >= 15 is 0 Å². The molecule has 0 spiro atoms. The van der Waals surface area contributed by atoms with Gasteiger partial charge in [-0.3, -0.25) is 9.20 Å². The number of aromatic nitrogens is 3. The van der Waals surface area contributed by atoms with Crippen LogP contribution in [0.2, 0.25) is 0 Å². The largest absolute Gasteiger partial charge is 0.497 e. The first-order chi connectivity index (χ1) is 12.3. The molecule has 1 aromatic carbocycles. The van der Waals surface area contributed by atoms with Crippen molar-refractivity contribution >= 4 is 23.2 Å². The number of alkyl halides is 3. The van der Waals surface area contributed by atoms with Crippen molar-refractivity contribution in [2.24, 2.45) is 0 Å². The average Bonchev–Trinajstić information content (AvgIpc) is 3.02. The second-order valence-corrected chi connectivity index (χ2v) is 6.79. The molecule has 136 valence electrons. The minimum atomic E-state index is -4.47. The van der Waals surface area contributed by atoms with Gasteiger partial charge in [-0.25, -0.2) is 0 Å². The fourth-order valence-corrected chi connectivity index (χ4v) is 3.23. The second-order valence-electron chi connectivity index (χ2n) is 5.48.